The summed E-state index contributed by atoms with van der Waals surface area (Å²) in [6.45, 7) is 0.357. The number of aliphatic carboxylic acids is 1. The fourth-order valence-electron chi connectivity index (χ4n) is 2.45. The summed E-state index contributed by atoms with van der Waals surface area (Å²) < 4.78 is 5.65. The average molecular weight is 273 g/mol. The molecule has 0 unspecified atom stereocenters. The van der Waals surface area contributed by atoms with Gasteiger partial charge in [-0.25, -0.2) is 0 Å². The minimum atomic E-state index is -0.888. The van der Waals surface area contributed by atoms with Gasteiger partial charge < -0.3 is 14.4 Å². The van der Waals surface area contributed by atoms with Crippen LogP contribution in [0.3, 0.4) is 0 Å². The number of benzene rings is 1. The van der Waals surface area contributed by atoms with E-state index in [1.165, 1.54) is 4.90 Å². The monoisotopic (exact) mass is 273 g/mol. The molecule has 3 rings (SSSR count). The zero-order chi connectivity index (χ0) is 14.3. The molecule has 2 atom stereocenters. The number of fused-ring (bicyclic) bond motifs is 1. The molecular weight excluding hydrogens is 258 g/mol. The van der Waals surface area contributed by atoms with Gasteiger partial charge in [-0.05, 0) is 18.6 Å². The number of hydrogen-bond donors (Lipinski definition) is 1. The Kier molecular flexibility index (Phi) is 2.97. The summed E-state index contributed by atoms with van der Waals surface area (Å²) in [7, 11) is 1.67. The first kappa shape index (κ1) is 12.7. The summed E-state index contributed by atoms with van der Waals surface area (Å²) >= 11 is 0. The maximum Gasteiger partial charge on any atom is 0.307 e. The largest absolute Gasteiger partial charge is 0.481 e. The van der Waals surface area contributed by atoms with Crippen LogP contribution >= 0.6 is 0 Å². The van der Waals surface area contributed by atoms with Crippen LogP contribution in [0.1, 0.15) is 12.2 Å². The number of carbonyl (C=O) groups is 2. The molecule has 0 aliphatic heterocycles. The number of hydrogen-bond acceptors (Lipinski definition) is 3. The molecule has 1 saturated carbocycles. The van der Waals surface area contributed by atoms with Gasteiger partial charge in [-0.2, -0.15) is 0 Å². The van der Waals surface area contributed by atoms with E-state index in [2.05, 4.69) is 0 Å². The van der Waals surface area contributed by atoms with E-state index in [0.29, 0.717) is 18.7 Å². The van der Waals surface area contributed by atoms with Crippen LogP contribution in [-0.4, -0.2) is 28.9 Å². The van der Waals surface area contributed by atoms with E-state index >= 15 is 0 Å². The molecule has 20 heavy (non-hydrogen) atoms. The van der Waals surface area contributed by atoms with Gasteiger partial charge in [-0.15, -0.1) is 0 Å². The van der Waals surface area contributed by atoms with Gasteiger partial charge in [0.25, 0.3) is 0 Å². The Bertz CT molecular complexity index is 642. The molecular formula is C15H15NO4. The first-order valence-corrected chi connectivity index (χ1v) is 6.51. The second-order valence-electron chi connectivity index (χ2n) is 5.23. The van der Waals surface area contributed by atoms with Gasteiger partial charge >= 0.3 is 5.97 Å². The Morgan fingerprint density at radius 2 is 2.10 bits per heavy atom. The topological polar surface area (TPSA) is 70.8 Å². The first-order chi connectivity index (χ1) is 9.56. The number of nitrogens with zero attached hydrogens (tertiary/aromatic N) is 1. The van der Waals surface area contributed by atoms with E-state index in [1.54, 1.807) is 7.05 Å². The van der Waals surface area contributed by atoms with Gasteiger partial charge in [0.1, 0.15) is 11.3 Å². The number of amides is 1. The predicted molar refractivity (Wildman–Crippen MR) is 71.9 cm³/mol. The standard InChI is InChI=1S/C15H15NO4/c1-16(14(17)11-7-12(11)15(18)19)8-10-6-9-4-2-3-5-13(9)20-10/h2-6,11-12H,7-8H2,1H3,(H,18,19)/t11-,12-/m0/s1. The van der Waals surface area contributed by atoms with E-state index < -0.39 is 11.9 Å². The third-order valence-electron chi connectivity index (χ3n) is 3.67. The summed E-state index contributed by atoms with van der Waals surface area (Å²) in [5.74, 6) is -1.20. The minimum Gasteiger partial charge on any atom is -0.481 e. The van der Waals surface area contributed by atoms with Crippen LogP contribution < -0.4 is 0 Å². The Morgan fingerprint density at radius 1 is 1.35 bits per heavy atom. The van der Waals surface area contributed by atoms with Crippen molar-refractivity contribution >= 4 is 22.8 Å². The van der Waals surface area contributed by atoms with Gasteiger partial charge in [0.15, 0.2) is 0 Å². The number of carboxylic acids is 1. The number of furan rings is 1. The molecule has 1 aromatic carbocycles. The SMILES string of the molecule is CN(Cc1cc2ccccc2o1)C(=O)[C@H]1C[C@@H]1C(=O)O. The smallest absolute Gasteiger partial charge is 0.307 e. The van der Waals surface area contributed by atoms with E-state index in [-0.39, 0.29) is 11.8 Å². The Hall–Kier alpha value is -2.30. The van der Waals surface area contributed by atoms with Gasteiger partial charge in [0.2, 0.25) is 5.91 Å². The normalized spacial score (nSPS) is 20.9. The summed E-state index contributed by atoms with van der Waals surface area (Å²) in [4.78, 5) is 24.4. The molecule has 5 nitrogen and oxygen atoms in total. The maximum absolute atomic E-state index is 12.1. The quantitative estimate of drug-likeness (QED) is 0.926. The predicted octanol–water partition coefficient (Wildman–Crippen LogP) is 2.11. The molecule has 1 heterocycles. The van der Waals surface area contributed by atoms with Gasteiger partial charge in [0.05, 0.1) is 18.4 Å². The van der Waals surface area contributed by atoms with Crippen LogP contribution in [0.4, 0.5) is 0 Å². The highest BCUT2D eigenvalue weighted by Gasteiger charge is 2.49. The Balaban J connectivity index is 1.68. The molecule has 1 aromatic heterocycles. The van der Waals surface area contributed by atoms with E-state index in [4.69, 9.17) is 9.52 Å². The number of rotatable bonds is 4. The molecule has 104 valence electrons. The minimum absolute atomic E-state index is 0.127. The second kappa shape index (κ2) is 4.67. The van der Waals surface area contributed by atoms with Crippen molar-refractivity contribution < 1.29 is 19.1 Å². The van der Waals surface area contributed by atoms with Crippen molar-refractivity contribution in [2.75, 3.05) is 7.05 Å². The molecule has 0 spiro atoms. The summed E-state index contributed by atoms with van der Waals surface area (Å²) in [5.41, 5.74) is 0.790. The molecule has 5 heteroatoms. The highest BCUT2D eigenvalue weighted by molar-refractivity contribution is 5.89. The lowest BCUT2D eigenvalue weighted by Crippen LogP contribution is -2.28. The van der Waals surface area contributed by atoms with Crippen LogP contribution in [0.2, 0.25) is 0 Å². The van der Waals surface area contributed by atoms with Crippen LogP contribution in [0.15, 0.2) is 34.7 Å². The summed E-state index contributed by atoms with van der Waals surface area (Å²) in [5, 5.41) is 9.85. The molecule has 0 bridgehead atoms. The van der Waals surface area contributed by atoms with E-state index in [0.717, 1.165) is 11.0 Å². The average Bonchev–Trinajstić information content (AvgIpc) is 3.12. The van der Waals surface area contributed by atoms with Gasteiger partial charge in [0, 0.05) is 12.4 Å². The van der Waals surface area contributed by atoms with E-state index in [1.807, 2.05) is 30.3 Å². The summed E-state index contributed by atoms with van der Waals surface area (Å²) in [6.07, 6.45) is 0.443. The van der Waals surface area contributed by atoms with Crippen molar-refractivity contribution in [1.82, 2.24) is 4.90 Å². The molecule has 1 aliphatic carbocycles. The lowest BCUT2D eigenvalue weighted by molar-refractivity contribution is -0.141. The molecule has 1 fully saturated rings. The maximum atomic E-state index is 12.1. The van der Waals surface area contributed by atoms with Crippen LogP contribution in [0.5, 0.6) is 0 Å². The molecule has 0 saturated heterocycles. The molecule has 1 aliphatic rings. The zero-order valence-corrected chi connectivity index (χ0v) is 11.1. The fourth-order valence-corrected chi connectivity index (χ4v) is 2.45. The van der Waals surface area contributed by atoms with Crippen molar-refractivity contribution in [2.24, 2.45) is 11.8 Å². The second-order valence-corrected chi connectivity index (χ2v) is 5.23. The number of carboxylic acid groups (broad SMARTS) is 1. The lowest BCUT2D eigenvalue weighted by atomic mass is 10.2. The lowest BCUT2D eigenvalue weighted by Gasteiger charge is -2.15. The Labute approximate surface area is 115 Å². The highest BCUT2D eigenvalue weighted by Crippen LogP contribution is 2.40. The molecule has 1 N–H and O–H groups in total. The zero-order valence-electron chi connectivity index (χ0n) is 11.1. The van der Waals surface area contributed by atoms with Gasteiger partial charge in [-0.3, -0.25) is 9.59 Å². The third-order valence-corrected chi connectivity index (χ3v) is 3.67. The van der Waals surface area contributed by atoms with Crippen molar-refractivity contribution in [2.45, 2.75) is 13.0 Å². The Morgan fingerprint density at radius 3 is 2.75 bits per heavy atom. The first-order valence-electron chi connectivity index (χ1n) is 6.51. The van der Waals surface area contributed by atoms with Crippen molar-refractivity contribution in [3.63, 3.8) is 0 Å². The van der Waals surface area contributed by atoms with Crippen LogP contribution in [-0.2, 0) is 16.1 Å². The van der Waals surface area contributed by atoms with Crippen molar-refractivity contribution in [3.8, 4) is 0 Å². The highest BCUT2D eigenvalue weighted by atomic mass is 16.4. The molecule has 1 amide bonds. The van der Waals surface area contributed by atoms with Crippen molar-refractivity contribution in [1.29, 1.82) is 0 Å². The van der Waals surface area contributed by atoms with Crippen LogP contribution in [0, 0.1) is 11.8 Å². The van der Waals surface area contributed by atoms with Gasteiger partial charge in [-0.1, -0.05) is 18.2 Å². The number of carbonyl (C=O) groups excluding carboxylic acids is 1. The third kappa shape index (κ3) is 2.27. The van der Waals surface area contributed by atoms with Crippen LogP contribution in [0.25, 0.3) is 11.0 Å². The summed E-state index contributed by atoms with van der Waals surface area (Å²) in [6, 6.07) is 9.55. The number of para-hydroxylation sites is 1. The molecule has 0 radical (unpaired) electrons. The fraction of sp³-hybridized carbons (Fsp3) is 0.333. The molecule has 2 aromatic rings. The van der Waals surface area contributed by atoms with Crippen molar-refractivity contribution in [3.05, 3.63) is 36.1 Å². The van der Waals surface area contributed by atoms with E-state index in [9.17, 15) is 9.59 Å².